The Hall–Kier alpha value is -1.80. The Balaban J connectivity index is 1.97. The Morgan fingerprint density at radius 3 is 2.60 bits per heavy atom. The molecule has 0 radical (unpaired) electrons. The van der Waals surface area contributed by atoms with Gasteiger partial charge in [0.1, 0.15) is 0 Å². The molecular formula is C18H22N2. The molecule has 1 fully saturated rings. The molecule has 0 amide bonds. The zero-order valence-corrected chi connectivity index (χ0v) is 12.0. The molecule has 3 rings (SSSR count). The van der Waals surface area contributed by atoms with Crippen molar-refractivity contribution < 1.29 is 0 Å². The summed E-state index contributed by atoms with van der Waals surface area (Å²) >= 11 is 0. The molecule has 1 unspecified atom stereocenters. The summed E-state index contributed by atoms with van der Waals surface area (Å²) in [6.07, 6.45) is 2.34. The summed E-state index contributed by atoms with van der Waals surface area (Å²) in [7, 11) is 0. The largest absolute Gasteiger partial charge is 0.370 e. The van der Waals surface area contributed by atoms with E-state index in [1.54, 1.807) is 0 Å². The lowest BCUT2D eigenvalue weighted by Gasteiger charge is -2.34. The number of nitrogens with two attached hydrogens (primary N) is 1. The zero-order valence-electron chi connectivity index (χ0n) is 12.0. The molecule has 104 valence electrons. The van der Waals surface area contributed by atoms with Gasteiger partial charge in [0.2, 0.25) is 0 Å². The summed E-state index contributed by atoms with van der Waals surface area (Å²) in [5.74, 6) is 0. The summed E-state index contributed by atoms with van der Waals surface area (Å²) < 4.78 is 0. The number of hydrogen-bond donors (Lipinski definition) is 1. The minimum absolute atomic E-state index is 0.309. The van der Waals surface area contributed by atoms with E-state index in [9.17, 15) is 0 Å². The van der Waals surface area contributed by atoms with Crippen molar-refractivity contribution in [1.82, 2.24) is 0 Å². The first-order valence-electron chi connectivity index (χ1n) is 7.41. The highest BCUT2D eigenvalue weighted by Crippen LogP contribution is 2.31. The minimum atomic E-state index is 0.309. The van der Waals surface area contributed by atoms with Crippen molar-refractivity contribution in [1.29, 1.82) is 0 Å². The van der Waals surface area contributed by atoms with Crippen LogP contribution in [0.5, 0.6) is 0 Å². The average molecular weight is 266 g/mol. The first-order valence-corrected chi connectivity index (χ1v) is 7.41. The average Bonchev–Trinajstić information content (AvgIpc) is 2.48. The monoisotopic (exact) mass is 266 g/mol. The molecule has 2 heteroatoms. The molecule has 0 aliphatic carbocycles. The summed E-state index contributed by atoms with van der Waals surface area (Å²) in [6, 6.07) is 17.5. The molecule has 2 aromatic rings. The van der Waals surface area contributed by atoms with Gasteiger partial charge in [0.05, 0.1) is 0 Å². The Bertz CT molecular complexity index is 577. The molecule has 1 heterocycles. The van der Waals surface area contributed by atoms with Gasteiger partial charge in [0, 0.05) is 24.8 Å². The van der Waals surface area contributed by atoms with E-state index < -0.39 is 0 Å². The fourth-order valence-electron chi connectivity index (χ4n) is 3.13. The molecule has 1 aliphatic rings. The molecule has 0 saturated carbocycles. The second-order valence-corrected chi connectivity index (χ2v) is 5.66. The molecule has 1 saturated heterocycles. The number of hydrogen-bond acceptors (Lipinski definition) is 2. The van der Waals surface area contributed by atoms with Crippen LogP contribution in [0.1, 0.15) is 18.4 Å². The van der Waals surface area contributed by atoms with Crippen molar-refractivity contribution in [2.45, 2.75) is 25.8 Å². The fraction of sp³-hybridized carbons (Fsp3) is 0.333. The molecule has 1 atom stereocenters. The van der Waals surface area contributed by atoms with Gasteiger partial charge in [-0.2, -0.15) is 0 Å². The number of nitrogens with zero attached hydrogens (tertiary/aromatic N) is 1. The van der Waals surface area contributed by atoms with Gasteiger partial charge in [-0.3, -0.25) is 0 Å². The molecule has 0 bridgehead atoms. The van der Waals surface area contributed by atoms with Crippen LogP contribution in [0.2, 0.25) is 0 Å². The van der Waals surface area contributed by atoms with E-state index in [-0.39, 0.29) is 0 Å². The quantitative estimate of drug-likeness (QED) is 0.900. The third-order valence-corrected chi connectivity index (χ3v) is 4.19. The van der Waals surface area contributed by atoms with Crippen LogP contribution in [-0.4, -0.2) is 19.1 Å². The standard InChI is InChI=1S/C18H22N2/c1-14-17(15-7-3-2-4-8-15)10-5-11-18(14)20-12-6-9-16(19)13-20/h2-5,7-8,10-11,16H,6,9,12-13,19H2,1H3. The summed E-state index contributed by atoms with van der Waals surface area (Å²) in [6.45, 7) is 4.31. The Labute approximate surface area is 121 Å². The SMILES string of the molecule is Cc1c(-c2ccccc2)cccc1N1CCCC(N)C1. The Kier molecular flexibility index (Phi) is 3.75. The van der Waals surface area contributed by atoms with Gasteiger partial charge in [-0.25, -0.2) is 0 Å². The van der Waals surface area contributed by atoms with Crippen LogP contribution in [0.25, 0.3) is 11.1 Å². The molecule has 2 nitrogen and oxygen atoms in total. The highest BCUT2D eigenvalue weighted by Gasteiger charge is 2.19. The lowest BCUT2D eigenvalue weighted by Crippen LogP contribution is -2.43. The Morgan fingerprint density at radius 2 is 1.85 bits per heavy atom. The van der Waals surface area contributed by atoms with E-state index >= 15 is 0 Å². The summed E-state index contributed by atoms with van der Waals surface area (Å²) in [5.41, 5.74) is 11.4. The first-order chi connectivity index (χ1) is 9.75. The van der Waals surface area contributed by atoms with Gasteiger partial charge in [0.25, 0.3) is 0 Å². The van der Waals surface area contributed by atoms with Crippen LogP contribution in [-0.2, 0) is 0 Å². The van der Waals surface area contributed by atoms with E-state index in [1.807, 2.05) is 0 Å². The van der Waals surface area contributed by atoms with Crippen molar-refractivity contribution in [3.8, 4) is 11.1 Å². The zero-order chi connectivity index (χ0) is 13.9. The lowest BCUT2D eigenvalue weighted by atomic mass is 9.97. The van der Waals surface area contributed by atoms with Gasteiger partial charge < -0.3 is 10.6 Å². The summed E-state index contributed by atoms with van der Waals surface area (Å²) in [5, 5.41) is 0. The molecule has 20 heavy (non-hydrogen) atoms. The van der Waals surface area contributed by atoms with Gasteiger partial charge in [0.15, 0.2) is 0 Å². The second kappa shape index (κ2) is 5.68. The van der Waals surface area contributed by atoms with Crippen molar-refractivity contribution >= 4 is 5.69 Å². The number of rotatable bonds is 2. The molecule has 0 spiro atoms. The molecule has 2 aromatic carbocycles. The number of piperidine rings is 1. The highest BCUT2D eigenvalue weighted by atomic mass is 15.1. The fourth-order valence-corrected chi connectivity index (χ4v) is 3.13. The Morgan fingerprint density at radius 1 is 1.05 bits per heavy atom. The van der Waals surface area contributed by atoms with E-state index in [2.05, 4.69) is 60.4 Å². The van der Waals surface area contributed by atoms with Gasteiger partial charge in [-0.05, 0) is 42.5 Å². The minimum Gasteiger partial charge on any atom is -0.370 e. The predicted octanol–water partition coefficient (Wildman–Crippen LogP) is 3.59. The maximum absolute atomic E-state index is 6.12. The maximum atomic E-state index is 6.12. The van der Waals surface area contributed by atoms with Crippen LogP contribution >= 0.6 is 0 Å². The summed E-state index contributed by atoms with van der Waals surface area (Å²) in [4.78, 5) is 2.44. The van der Waals surface area contributed by atoms with Crippen LogP contribution < -0.4 is 10.6 Å². The topological polar surface area (TPSA) is 29.3 Å². The normalized spacial score (nSPS) is 19.1. The number of benzene rings is 2. The van der Waals surface area contributed by atoms with E-state index in [0.717, 1.165) is 19.5 Å². The smallest absolute Gasteiger partial charge is 0.0402 e. The highest BCUT2D eigenvalue weighted by molar-refractivity contribution is 5.74. The molecule has 2 N–H and O–H groups in total. The second-order valence-electron chi connectivity index (χ2n) is 5.66. The third kappa shape index (κ3) is 2.56. The van der Waals surface area contributed by atoms with Crippen LogP contribution in [0.15, 0.2) is 48.5 Å². The van der Waals surface area contributed by atoms with Crippen molar-refractivity contribution in [2.24, 2.45) is 5.73 Å². The molecule has 1 aliphatic heterocycles. The van der Waals surface area contributed by atoms with Gasteiger partial charge in [-0.15, -0.1) is 0 Å². The predicted molar refractivity (Wildman–Crippen MR) is 86.0 cm³/mol. The van der Waals surface area contributed by atoms with E-state index in [4.69, 9.17) is 5.73 Å². The molecule has 0 aromatic heterocycles. The van der Waals surface area contributed by atoms with Crippen molar-refractivity contribution in [2.75, 3.05) is 18.0 Å². The third-order valence-electron chi connectivity index (χ3n) is 4.19. The van der Waals surface area contributed by atoms with Gasteiger partial charge >= 0.3 is 0 Å². The van der Waals surface area contributed by atoms with Crippen molar-refractivity contribution in [3.05, 3.63) is 54.1 Å². The first kappa shape index (κ1) is 13.2. The number of anilines is 1. The van der Waals surface area contributed by atoms with Gasteiger partial charge in [-0.1, -0.05) is 42.5 Å². The van der Waals surface area contributed by atoms with Crippen molar-refractivity contribution in [3.63, 3.8) is 0 Å². The molecular weight excluding hydrogens is 244 g/mol. The van der Waals surface area contributed by atoms with E-state index in [0.29, 0.717) is 6.04 Å². The van der Waals surface area contributed by atoms with Crippen LogP contribution in [0, 0.1) is 6.92 Å². The lowest BCUT2D eigenvalue weighted by molar-refractivity contribution is 0.505. The van der Waals surface area contributed by atoms with E-state index in [1.165, 1.54) is 28.8 Å². The maximum Gasteiger partial charge on any atom is 0.0402 e. The van der Waals surface area contributed by atoms with Crippen LogP contribution in [0.4, 0.5) is 5.69 Å². The van der Waals surface area contributed by atoms with Crippen LogP contribution in [0.3, 0.4) is 0 Å².